The van der Waals surface area contributed by atoms with Gasteiger partial charge in [-0.15, -0.1) is 5.10 Å². The molecule has 0 aliphatic rings. The average molecular weight is 188 g/mol. The number of rotatable bonds is 3. The Labute approximate surface area is 76.6 Å². The van der Waals surface area contributed by atoms with Crippen LogP contribution >= 0.6 is 12.2 Å². The van der Waals surface area contributed by atoms with Crippen molar-refractivity contribution in [3.8, 4) is 0 Å². The highest BCUT2D eigenvalue weighted by atomic mass is 32.1. The van der Waals surface area contributed by atoms with E-state index in [-0.39, 0.29) is 6.04 Å². The molecule has 0 saturated heterocycles. The Morgan fingerprint density at radius 3 is 2.67 bits per heavy atom. The Hall–Kier alpha value is -0.680. The average Bonchev–Trinajstić information content (AvgIpc) is 2.37. The van der Waals surface area contributed by atoms with Gasteiger partial charge in [0.2, 0.25) is 0 Å². The highest BCUT2D eigenvalue weighted by molar-refractivity contribution is 7.71. The second-order valence-electron chi connectivity index (χ2n) is 2.99. The lowest BCUT2D eigenvalue weighted by atomic mass is 10.2. The van der Waals surface area contributed by atoms with Gasteiger partial charge >= 0.3 is 0 Å². The summed E-state index contributed by atoms with van der Waals surface area (Å²) in [6.07, 6.45) is 0.992. The molecule has 4 nitrogen and oxygen atoms in total. The van der Waals surface area contributed by atoms with Gasteiger partial charge in [0.15, 0.2) is 6.04 Å². The summed E-state index contributed by atoms with van der Waals surface area (Å²) in [5, 5.41) is 6.61. The van der Waals surface area contributed by atoms with Crippen LogP contribution in [0.1, 0.15) is 25.3 Å². The first kappa shape index (κ1) is 9.41. The van der Waals surface area contributed by atoms with Crippen LogP contribution in [-0.4, -0.2) is 24.3 Å². The van der Waals surface area contributed by atoms with E-state index < -0.39 is 0 Å². The van der Waals surface area contributed by atoms with Gasteiger partial charge in [-0.25, -0.2) is 5.10 Å². The summed E-state index contributed by atoms with van der Waals surface area (Å²) in [4.78, 5) is 1.65. The molecular formula is C7H14N3OS+. The van der Waals surface area contributed by atoms with Gasteiger partial charge in [0.05, 0.1) is 14.1 Å². The number of H-pyrrole nitrogens is 1. The van der Waals surface area contributed by atoms with E-state index in [0.29, 0.717) is 10.7 Å². The molecule has 1 aromatic heterocycles. The smallest absolute Gasteiger partial charge is 0.284 e. The minimum atomic E-state index is 0.290. The van der Waals surface area contributed by atoms with Gasteiger partial charge in [0, 0.05) is 6.42 Å². The van der Waals surface area contributed by atoms with Gasteiger partial charge in [-0.2, -0.15) is 0 Å². The molecule has 0 unspecified atom stereocenters. The highest BCUT2D eigenvalue weighted by Gasteiger charge is 2.20. The topological polar surface area (TPSA) is 46.3 Å². The van der Waals surface area contributed by atoms with Crippen molar-refractivity contribution in [1.29, 1.82) is 0 Å². The van der Waals surface area contributed by atoms with E-state index in [1.54, 1.807) is 0 Å². The molecule has 0 saturated carbocycles. The summed E-state index contributed by atoms with van der Waals surface area (Å²) >= 11 is 4.79. The third kappa shape index (κ3) is 1.92. The zero-order valence-corrected chi connectivity index (χ0v) is 8.36. The monoisotopic (exact) mass is 188 g/mol. The quantitative estimate of drug-likeness (QED) is 0.672. The van der Waals surface area contributed by atoms with Crippen molar-refractivity contribution >= 4 is 12.2 Å². The maximum Gasteiger partial charge on any atom is 0.284 e. The van der Waals surface area contributed by atoms with Crippen LogP contribution in [-0.2, 0) is 0 Å². The van der Waals surface area contributed by atoms with Gasteiger partial charge in [0.1, 0.15) is 0 Å². The molecule has 68 valence electrons. The molecule has 1 atom stereocenters. The maximum absolute atomic E-state index is 5.23. The van der Waals surface area contributed by atoms with E-state index in [1.165, 1.54) is 4.90 Å². The fourth-order valence-electron chi connectivity index (χ4n) is 1.22. The lowest BCUT2D eigenvalue weighted by Crippen LogP contribution is -3.06. The largest absolute Gasteiger partial charge is 0.408 e. The second-order valence-corrected chi connectivity index (χ2v) is 3.36. The first-order chi connectivity index (χ1) is 5.65. The van der Waals surface area contributed by atoms with Gasteiger partial charge in [-0.1, -0.05) is 6.92 Å². The van der Waals surface area contributed by atoms with Crippen LogP contribution in [0, 0.1) is 4.84 Å². The minimum Gasteiger partial charge on any atom is -0.408 e. The highest BCUT2D eigenvalue weighted by Crippen LogP contribution is 2.08. The summed E-state index contributed by atoms with van der Waals surface area (Å²) in [5.74, 6) is 0.697. The van der Waals surface area contributed by atoms with E-state index in [4.69, 9.17) is 16.6 Å². The van der Waals surface area contributed by atoms with Crippen molar-refractivity contribution in [2.24, 2.45) is 0 Å². The number of aromatic nitrogens is 2. The van der Waals surface area contributed by atoms with Gasteiger partial charge in [0.25, 0.3) is 10.7 Å². The molecule has 12 heavy (non-hydrogen) atoms. The number of nitrogens with zero attached hydrogens (tertiary/aromatic N) is 1. The maximum atomic E-state index is 5.23. The normalized spacial score (nSPS) is 13.7. The zero-order chi connectivity index (χ0) is 9.14. The van der Waals surface area contributed by atoms with Crippen LogP contribution in [0.3, 0.4) is 0 Å². The molecule has 5 heteroatoms. The fourth-order valence-corrected chi connectivity index (χ4v) is 1.35. The number of nitrogens with one attached hydrogen (secondary N) is 2. The molecule has 0 fully saturated rings. The molecule has 1 heterocycles. The third-order valence-corrected chi connectivity index (χ3v) is 2.03. The first-order valence-electron chi connectivity index (χ1n) is 4.00. The third-order valence-electron chi connectivity index (χ3n) is 1.86. The van der Waals surface area contributed by atoms with E-state index in [9.17, 15) is 0 Å². The van der Waals surface area contributed by atoms with Crippen LogP contribution in [0.15, 0.2) is 4.42 Å². The standard InChI is InChI=1S/C7H13N3OS/c1-4-5(10(2)3)6-8-9-7(12)11-6/h5H,4H2,1-3H3,(H,9,12)/p+1/t5-/m1/s1. The summed E-state index contributed by atoms with van der Waals surface area (Å²) < 4.78 is 5.23. The lowest BCUT2D eigenvalue weighted by molar-refractivity contribution is -0.894. The molecular weight excluding hydrogens is 174 g/mol. The summed E-state index contributed by atoms with van der Waals surface area (Å²) in [6, 6.07) is 0.290. The second kappa shape index (κ2) is 3.82. The van der Waals surface area contributed by atoms with Crippen LogP contribution in [0.25, 0.3) is 0 Å². The molecule has 1 rings (SSSR count). The molecule has 0 aromatic carbocycles. The van der Waals surface area contributed by atoms with E-state index in [1.807, 2.05) is 0 Å². The van der Waals surface area contributed by atoms with Crippen molar-refractivity contribution in [2.45, 2.75) is 19.4 Å². The summed E-state index contributed by atoms with van der Waals surface area (Å²) in [5.41, 5.74) is 0. The predicted molar refractivity (Wildman–Crippen MR) is 47.5 cm³/mol. The Balaban J connectivity index is 2.87. The molecule has 0 aliphatic heterocycles. The predicted octanol–water partition coefficient (Wildman–Crippen LogP) is 0.328. The molecule has 0 spiro atoms. The van der Waals surface area contributed by atoms with Crippen LogP contribution < -0.4 is 4.90 Å². The molecule has 0 radical (unpaired) electrons. The Morgan fingerprint density at radius 2 is 2.33 bits per heavy atom. The van der Waals surface area contributed by atoms with Crippen molar-refractivity contribution in [3.05, 3.63) is 10.7 Å². The molecule has 1 aromatic rings. The number of quaternary nitrogens is 1. The SMILES string of the molecule is CC[C@H](c1n[nH]c(=S)o1)[NH+](C)C. The Bertz CT molecular complexity index is 291. The van der Waals surface area contributed by atoms with Gasteiger partial charge in [-0.3, -0.25) is 0 Å². The lowest BCUT2D eigenvalue weighted by Gasteiger charge is -2.15. The number of aromatic amines is 1. The molecule has 2 N–H and O–H groups in total. The van der Waals surface area contributed by atoms with Crippen molar-refractivity contribution in [1.82, 2.24) is 10.2 Å². The van der Waals surface area contributed by atoms with E-state index in [2.05, 4.69) is 31.2 Å². The van der Waals surface area contributed by atoms with Crippen LogP contribution in [0.4, 0.5) is 0 Å². The minimum absolute atomic E-state index is 0.290. The van der Waals surface area contributed by atoms with Crippen molar-refractivity contribution < 1.29 is 9.32 Å². The van der Waals surface area contributed by atoms with E-state index >= 15 is 0 Å². The Kier molecular flexibility index (Phi) is 2.99. The first-order valence-corrected chi connectivity index (χ1v) is 4.41. The Morgan fingerprint density at radius 1 is 1.67 bits per heavy atom. The van der Waals surface area contributed by atoms with Crippen LogP contribution in [0.5, 0.6) is 0 Å². The molecule has 0 amide bonds. The zero-order valence-electron chi connectivity index (χ0n) is 7.55. The summed E-state index contributed by atoms with van der Waals surface area (Å²) in [7, 11) is 4.14. The molecule has 0 bridgehead atoms. The fraction of sp³-hybridized carbons (Fsp3) is 0.714. The van der Waals surface area contributed by atoms with Gasteiger partial charge in [-0.05, 0) is 12.2 Å². The summed E-state index contributed by atoms with van der Waals surface area (Å²) in [6.45, 7) is 2.10. The number of hydrogen-bond acceptors (Lipinski definition) is 3. The number of hydrogen-bond donors (Lipinski definition) is 2. The van der Waals surface area contributed by atoms with Crippen molar-refractivity contribution in [3.63, 3.8) is 0 Å². The van der Waals surface area contributed by atoms with E-state index in [0.717, 1.165) is 6.42 Å². The van der Waals surface area contributed by atoms with Crippen molar-refractivity contribution in [2.75, 3.05) is 14.1 Å². The molecule has 0 aliphatic carbocycles. The van der Waals surface area contributed by atoms with Crippen LogP contribution in [0.2, 0.25) is 0 Å². The van der Waals surface area contributed by atoms with Gasteiger partial charge < -0.3 is 9.32 Å².